The van der Waals surface area contributed by atoms with Gasteiger partial charge in [-0.15, -0.1) is 11.3 Å². The molecule has 1 N–H and O–H groups in total. The van der Waals surface area contributed by atoms with Gasteiger partial charge in [-0.1, -0.05) is 25.5 Å². The number of rotatable bonds is 8. The summed E-state index contributed by atoms with van der Waals surface area (Å²) in [5.41, 5.74) is 5.79. The van der Waals surface area contributed by atoms with E-state index in [0.717, 1.165) is 46.3 Å². The van der Waals surface area contributed by atoms with E-state index in [0.29, 0.717) is 12.5 Å². The molecule has 0 spiro atoms. The summed E-state index contributed by atoms with van der Waals surface area (Å²) in [6, 6.07) is 1.99. The van der Waals surface area contributed by atoms with Gasteiger partial charge in [-0.25, -0.2) is 4.98 Å². The number of nitrogens with one attached hydrogen (secondary N) is 1. The van der Waals surface area contributed by atoms with E-state index >= 15 is 0 Å². The molecule has 4 rings (SSSR count). The molecule has 168 valence electrons. The Morgan fingerprint density at radius 3 is 2.84 bits per heavy atom. The highest BCUT2D eigenvalue weighted by molar-refractivity contribution is 7.13. The van der Waals surface area contributed by atoms with Gasteiger partial charge in [0.2, 0.25) is 0 Å². The molecule has 0 atom stereocenters. The molecule has 1 aliphatic rings. The molecule has 0 fully saturated rings. The Kier molecular flexibility index (Phi) is 7.15. The SMILES string of the molecule is Cc1c(C(=O)NCCC2=CCCCC2)cc(-c2csc(-c3cnccn3)n2)n1CC(C)C. The molecule has 0 aliphatic heterocycles. The molecule has 0 saturated heterocycles. The van der Waals surface area contributed by atoms with Crippen LogP contribution in [0.2, 0.25) is 0 Å². The predicted molar refractivity (Wildman–Crippen MR) is 130 cm³/mol. The fourth-order valence-corrected chi connectivity index (χ4v) is 4.94. The van der Waals surface area contributed by atoms with Gasteiger partial charge < -0.3 is 9.88 Å². The first kappa shape index (κ1) is 22.4. The lowest BCUT2D eigenvalue weighted by atomic mass is 9.97. The van der Waals surface area contributed by atoms with Crippen LogP contribution < -0.4 is 5.32 Å². The molecule has 6 nitrogen and oxygen atoms in total. The molecule has 0 bridgehead atoms. The number of hydrogen-bond donors (Lipinski definition) is 1. The van der Waals surface area contributed by atoms with E-state index < -0.39 is 0 Å². The zero-order valence-electron chi connectivity index (χ0n) is 19.1. The van der Waals surface area contributed by atoms with Gasteiger partial charge in [0.15, 0.2) is 0 Å². The highest BCUT2D eigenvalue weighted by Gasteiger charge is 2.21. The summed E-state index contributed by atoms with van der Waals surface area (Å²) in [5.74, 6) is 0.444. The number of carbonyl (C=O) groups excluding carboxylic acids is 1. The summed E-state index contributed by atoms with van der Waals surface area (Å²) in [7, 11) is 0. The molecule has 0 unspecified atom stereocenters. The van der Waals surface area contributed by atoms with Crippen LogP contribution in [0.15, 0.2) is 41.7 Å². The minimum Gasteiger partial charge on any atom is -0.352 e. The molecule has 1 amide bonds. The van der Waals surface area contributed by atoms with E-state index in [2.05, 4.69) is 39.8 Å². The van der Waals surface area contributed by atoms with Gasteiger partial charge in [0.1, 0.15) is 10.7 Å². The normalized spacial score (nSPS) is 13.9. The van der Waals surface area contributed by atoms with E-state index in [1.165, 1.54) is 31.3 Å². The van der Waals surface area contributed by atoms with Crippen molar-refractivity contribution in [3.8, 4) is 22.1 Å². The lowest BCUT2D eigenvalue weighted by Crippen LogP contribution is -2.25. The molecule has 3 aromatic heterocycles. The van der Waals surface area contributed by atoms with Crippen molar-refractivity contribution in [1.82, 2.24) is 24.8 Å². The third-order valence-corrected chi connectivity index (χ3v) is 6.69. The van der Waals surface area contributed by atoms with Crippen LogP contribution in [-0.2, 0) is 6.54 Å². The fourth-order valence-electron chi connectivity index (χ4n) is 4.17. The van der Waals surface area contributed by atoms with Gasteiger partial charge in [-0.3, -0.25) is 14.8 Å². The van der Waals surface area contributed by atoms with E-state index in [-0.39, 0.29) is 5.91 Å². The smallest absolute Gasteiger partial charge is 0.253 e. The van der Waals surface area contributed by atoms with Crippen molar-refractivity contribution in [2.75, 3.05) is 6.54 Å². The van der Waals surface area contributed by atoms with E-state index in [1.54, 1.807) is 29.9 Å². The maximum atomic E-state index is 13.0. The summed E-state index contributed by atoms with van der Waals surface area (Å²) >= 11 is 1.54. The van der Waals surface area contributed by atoms with Crippen LogP contribution in [0, 0.1) is 12.8 Å². The zero-order valence-corrected chi connectivity index (χ0v) is 19.9. The van der Waals surface area contributed by atoms with Crippen LogP contribution in [0.5, 0.6) is 0 Å². The standard InChI is InChI=1S/C25H31N5OS/c1-17(2)15-30-18(3)20(24(31)28-10-9-19-7-5-4-6-8-19)13-23(30)22-16-32-25(29-22)21-14-26-11-12-27-21/h7,11-14,16-17H,4-6,8-10,15H2,1-3H3,(H,28,31). The first-order valence-electron chi connectivity index (χ1n) is 11.4. The van der Waals surface area contributed by atoms with Crippen LogP contribution >= 0.6 is 11.3 Å². The number of amides is 1. The van der Waals surface area contributed by atoms with Crippen LogP contribution in [-0.4, -0.2) is 32.0 Å². The minimum atomic E-state index is -0.00737. The van der Waals surface area contributed by atoms with Crippen LogP contribution in [0.3, 0.4) is 0 Å². The Morgan fingerprint density at radius 1 is 1.25 bits per heavy atom. The number of aromatic nitrogens is 4. The number of nitrogens with zero attached hydrogens (tertiary/aromatic N) is 4. The van der Waals surface area contributed by atoms with Crippen molar-refractivity contribution in [1.29, 1.82) is 0 Å². The van der Waals surface area contributed by atoms with Crippen molar-refractivity contribution in [3.05, 3.63) is 52.9 Å². The van der Waals surface area contributed by atoms with Crippen molar-refractivity contribution in [2.24, 2.45) is 5.92 Å². The summed E-state index contributed by atoms with van der Waals surface area (Å²) in [6.07, 6.45) is 13.2. The first-order valence-corrected chi connectivity index (χ1v) is 12.3. The second kappa shape index (κ2) is 10.2. The molecule has 3 heterocycles. The van der Waals surface area contributed by atoms with Gasteiger partial charge in [0.25, 0.3) is 5.91 Å². The Labute approximate surface area is 193 Å². The average molecular weight is 450 g/mol. The minimum absolute atomic E-state index is 0.00737. The number of thiazole rings is 1. The number of hydrogen-bond acceptors (Lipinski definition) is 5. The van der Waals surface area contributed by atoms with Crippen LogP contribution in [0.1, 0.15) is 62.0 Å². The highest BCUT2D eigenvalue weighted by Crippen LogP contribution is 2.31. The third-order valence-electron chi connectivity index (χ3n) is 5.82. The number of allylic oxidation sites excluding steroid dienone is 1. The molecular weight excluding hydrogens is 418 g/mol. The largest absolute Gasteiger partial charge is 0.352 e. The molecule has 3 aromatic rings. The van der Waals surface area contributed by atoms with E-state index in [4.69, 9.17) is 4.98 Å². The fraction of sp³-hybridized carbons (Fsp3) is 0.440. The van der Waals surface area contributed by atoms with Crippen LogP contribution in [0.25, 0.3) is 22.1 Å². The summed E-state index contributed by atoms with van der Waals surface area (Å²) in [4.78, 5) is 26.4. The highest BCUT2D eigenvalue weighted by atomic mass is 32.1. The van der Waals surface area contributed by atoms with Crippen molar-refractivity contribution in [2.45, 2.75) is 59.4 Å². The Bertz CT molecular complexity index is 1100. The monoisotopic (exact) mass is 449 g/mol. The second-order valence-electron chi connectivity index (χ2n) is 8.78. The quantitative estimate of drug-likeness (QED) is 0.451. The first-order chi connectivity index (χ1) is 15.5. The summed E-state index contributed by atoms with van der Waals surface area (Å²) in [5, 5.41) is 6.00. The lowest BCUT2D eigenvalue weighted by Gasteiger charge is -2.14. The van der Waals surface area contributed by atoms with Gasteiger partial charge in [-0.2, -0.15) is 0 Å². The molecule has 32 heavy (non-hydrogen) atoms. The number of carbonyl (C=O) groups is 1. The Hall–Kier alpha value is -2.80. The van der Waals surface area contributed by atoms with E-state index in [1.807, 2.05) is 18.4 Å². The lowest BCUT2D eigenvalue weighted by molar-refractivity contribution is 0.0953. The van der Waals surface area contributed by atoms with Gasteiger partial charge in [-0.05, 0) is 51.0 Å². The van der Waals surface area contributed by atoms with Gasteiger partial charge in [0.05, 0.1) is 23.1 Å². The maximum absolute atomic E-state index is 13.0. The molecular formula is C25H31N5OS. The molecule has 7 heteroatoms. The average Bonchev–Trinajstić information content (AvgIpc) is 3.40. The van der Waals surface area contributed by atoms with Crippen LogP contribution in [0.4, 0.5) is 0 Å². The zero-order chi connectivity index (χ0) is 22.5. The van der Waals surface area contributed by atoms with Crippen molar-refractivity contribution in [3.63, 3.8) is 0 Å². The summed E-state index contributed by atoms with van der Waals surface area (Å²) in [6.45, 7) is 7.92. The molecule has 0 aromatic carbocycles. The van der Waals surface area contributed by atoms with Gasteiger partial charge in [0, 0.05) is 36.6 Å². The summed E-state index contributed by atoms with van der Waals surface area (Å²) < 4.78 is 2.22. The van der Waals surface area contributed by atoms with Crippen molar-refractivity contribution >= 4 is 17.2 Å². The second-order valence-corrected chi connectivity index (χ2v) is 9.63. The Balaban J connectivity index is 1.56. The maximum Gasteiger partial charge on any atom is 0.253 e. The third kappa shape index (κ3) is 5.15. The molecule has 1 aliphatic carbocycles. The van der Waals surface area contributed by atoms with Crippen molar-refractivity contribution < 1.29 is 4.79 Å². The Morgan fingerprint density at radius 2 is 2.12 bits per heavy atom. The molecule has 0 radical (unpaired) electrons. The molecule has 0 saturated carbocycles. The predicted octanol–water partition coefficient (Wildman–Crippen LogP) is 5.65. The van der Waals surface area contributed by atoms with E-state index in [9.17, 15) is 4.79 Å². The topological polar surface area (TPSA) is 72.7 Å². The van der Waals surface area contributed by atoms with Gasteiger partial charge >= 0.3 is 0 Å².